The molecule has 31 heavy (non-hydrogen) atoms. The van der Waals surface area contributed by atoms with E-state index in [1.807, 2.05) is 16.9 Å². The van der Waals surface area contributed by atoms with Crippen molar-refractivity contribution in [3.63, 3.8) is 0 Å². The van der Waals surface area contributed by atoms with Crippen LogP contribution in [0.1, 0.15) is 77.0 Å². The standard InChI is InChI=1S/C24H32N6O/c1-16(2)19-7-6-10-27-23(19)31-18-9-8-17(13-18)20-14-22(30(29-20)24(3,4)5)28-21-15-25-11-12-26-21/h6-7,10-12,14-18H,8-9,13H2,1-5H3,(H,26,28). The molecular weight excluding hydrogens is 388 g/mol. The summed E-state index contributed by atoms with van der Waals surface area (Å²) < 4.78 is 8.38. The highest BCUT2D eigenvalue weighted by Gasteiger charge is 2.32. The van der Waals surface area contributed by atoms with Crippen LogP contribution in [0.5, 0.6) is 5.88 Å². The third kappa shape index (κ3) is 4.86. The first kappa shape index (κ1) is 21.3. The largest absolute Gasteiger partial charge is 0.474 e. The molecule has 1 N–H and O–H groups in total. The molecule has 0 radical (unpaired) electrons. The first-order valence-electron chi connectivity index (χ1n) is 11.1. The summed E-state index contributed by atoms with van der Waals surface area (Å²) in [7, 11) is 0. The number of nitrogens with one attached hydrogen (secondary N) is 1. The van der Waals surface area contributed by atoms with Gasteiger partial charge >= 0.3 is 0 Å². The fourth-order valence-electron chi connectivity index (χ4n) is 4.11. The molecule has 2 atom stereocenters. The second-order valence-corrected chi connectivity index (χ2v) is 9.56. The van der Waals surface area contributed by atoms with E-state index in [1.54, 1.807) is 18.6 Å². The summed E-state index contributed by atoms with van der Waals surface area (Å²) in [5.41, 5.74) is 2.10. The van der Waals surface area contributed by atoms with Gasteiger partial charge in [0.2, 0.25) is 5.88 Å². The minimum Gasteiger partial charge on any atom is -0.474 e. The molecule has 4 rings (SSSR count). The lowest BCUT2D eigenvalue weighted by molar-refractivity contribution is 0.196. The van der Waals surface area contributed by atoms with Crippen molar-refractivity contribution in [3.8, 4) is 5.88 Å². The van der Waals surface area contributed by atoms with Crippen LogP contribution >= 0.6 is 0 Å². The topological polar surface area (TPSA) is 77.8 Å². The van der Waals surface area contributed by atoms with Crippen LogP contribution in [0.4, 0.5) is 11.6 Å². The Morgan fingerprint density at radius 3 is 2.68 bits per heavy atom. The molecule has 1 aliphatic carbocycles. The first-order valence-corrected chi connectivity index (χ1v) is 11.1. The van der Waals surface area contributed by atoms with E-state index in [2.05, 4.69) is 67.0 Å². The molecule has 0 amide bonds. The number of nitrogens with zero attached hydrogens (tertiary/aromatic N) is 5. The summed E-state index contributed by atoms with van der Waals surface area (Å²) in [4.78, 5) is 13.0. The van der Waals surface area contributed by atoms with Crippen molar-refractivity contribution in [2.24, 2.45) is 0 Å². The maximum absolute atomic E-state index is 6.34. The number of hydrogen-bond donors (Lipinski definition) is 1. The van der Waals surface area contributed by atoms with E-state index in [0.29, 0.717) is 17.7 Å². The molecule has 3 aromatic heterocycles. The zero-order valence-electron chi connectivity index (χ0n) is 19.0. The fourth-order valence-corrected chi connectivity index (χ4v) is 4.11. The highest BCUT2D eigenvalue weighted by atomic mass is 16.5. The van der Waals surface area contributed by atoms with Gasteiger partial charge in [0.1, 0.15) is 17.7 Å². The highest BCUT2D eigenvalue weighted by Crippen LogP contribution is 2.38. The number of aromatic nitrogens is 5. The van der Waals surface area contributed by atoms with E-state index in [-0.39, 0.29) is 11.6 Å². The number of anilines is 2. The zero-order chi connectivity index (χ0) is 22.0. The molecule has 0 bridgehead atoms. The minimum absolute atomic E-state index is 0.155. The van der Waals surface area contributed by atoms with E-state index in [1.165, 1.54) is 5.56 Å². The van der Waals surface area contributed by atoms with E-state index in [9.17, 15) is 0 Å². The predicted molar refractivity (Wildman–Crippen MR) is 122 cm³/mol. The van der Waals surface area contributed by atoms with Crippen molar-refractivity contribution in [2.45, 2.75) is 77.4 Å². The molecule has 1 aliphatic rings. The van der Waals surface area contributed by atoms with Gasteiger partial charge in [0, 0.05) is 36.1 Å². The minimum atomic E-state index is -0.155. The number of rotatable bonds is 6. The maximum Gasteiger partial charge on any atom is 0.217 e. The van der Waals surface area contributed by atoms with Gasteiger partial charge in [0.15, 0.2) is 0 Å². The SMILES string of the molecule is CC(C)c1cccnc1OC1CCC(c2cc(Nc3cnccn3)n(C(C)(C)C)n2)C1. The number of hydrogen-bond acceptors (Lipinski definition) is 6. The van der Waals surface area contributed by atoms with Gasteiger partial charge in [-0.2, -0.15) is 5.10 Å². The van der Waals surface area contributed by atoms with Crippen molar-refractivity contribution in [1.82, 2.24) is 24.7 Å². The molecule has 0 aliphatic heterocycles. The van der Waals surface area contributed by atoms with Crippen LogP contribution in [-0.2, 0) is 5.54 Å². The molecule has 0 spiro atoms. The smallest absolute Gasteiger partial charge is 0.217 e. The van der Waals surface area contributed by atoms with Gasteiger partial charge in [-0.1, -0.05) is 19.9 Å². The van der Waals surface area contributed by atoms with Crippen molar-refractivity contribution >= 4 is 11.6 Å². The van der Waals surface area contributed by atoms with Gasteiger partial charge in [-0.15, -0.1) is 0 Å². The van der Waals surface area contributed by atoms with Crippen molar-refractivity contribution in [2.75, 3.05) is 5.32 Å². The quantitative estimate of drug-likeness (QED) is 0.575. The molecule has 0 aromatic carbocycles. The highest BCUT2D eigenvalue weighted by molar-refractivity contribution is 5.52. The third-order valence-electron chi connectivity index (χ3n) is 5.69. The van der Waals surface area contributed by atoms with Crippen LogP contribution in [0.3, 0.4) is 0 Å². The zero-order valence-corrected chi connectivity index (χ0v) is 19.0. The molecule has 7 heteroatoms. The van der Waals surface area contributed by atoms with Gasteiger partial charge in [-0.05, 0) is 52.0 Å². The Balaban J connectivity index is 1.51. The van der Waals surface area contributed by atoms with Gasteiger partial charge in [0.05, 0.1) is 17.4 Å². The normalized spacial score (nSPS) is 19.0. The van der Waals surface area contributed by atoms with E-state index in [0.717, 1.165) is 36.7 Å². The van der Waals surface area contributed by atoms with Crippen molar-refractivity contribution in [3.05, 3.63) is 54.2 Å². The summed E-state index contributed by atoms with van der Waals surface area (Å²) in [6.07, 6.45) is 10.1. The summed E-state index contributed by atoms with van der Waals surface area (Å²) in [6.45, 7) is 10.8. The van der Waals surface area contributed by atoms with Gasteiger partial charge in [-0.3, -0.25) is 4.98 Å². The van der Waals surface area contributed by atoms with Crippen LogP contribution in [0, 0.1) is 0 Å². The second kappa shape index (κ2) is 8.65. The van der Waals surface area contributed by atoms with E-state index >= 15 is 0 Å². The lowest BCUT2D eigenvalue weighted by atomic mass is 10.0. The van der Waals surface area contributed by atoms with E-state index < -0.39 is 0 Å². The number of ether oxygens (including phenoxy) is 1. The second-order valence-electron chi connectivity index (χ2n) is 9.56. The fraction of sp³-hybridized carbons (Fsp3) is 0.500. The van der Waals surface area contributed by atoms with Crippen LogP contribution in [0.15, 0.2) is 43.0 Å². The molecule has 1 fully saturated rings. The lowest BCUT2D eigenvalue weighted by Gasteiger charge is -2.22. The molecule has 3 aromatic rings. The maximum atomic E-state index is 6.34. The summed E-state index contributed by atoms with van der Waals surface area (Å²) in [5.74, 6) is 3.16. The van der Waals surface area contributed by atoms with Crippen molar-refractivity contribution < 1.29 is 4.74 Å². The van der Waals surface area contributed by atoms with Crippen LogP contribution in [-0.4, -0.2) is 30.8 Å². The Hall–Kier alpha value is -2.96. The molecule has 0 saturated heterocycles. The Labute approximate surface area is 184 Å². The average molecular weight is 421 g/mol. The van der Waals surface area contributed by atoms with Gasteiger partial charge in [-0.25, -0.2) is 14.6 Å². The summed E-state index contributed by atoms with van der Waals surface area (Å²) in [6, 6.07) is 6.23. The Bertz CT molecular complexity index is 1010. The lowest BCUT2D eigenvalue weighted by Crippen LogP contribution is -2.25. The van der Waals surface area contributed by atoms with Gasteiger partial charge < -0.3 is 10.1 Å². The summed E-state index contributed by atoms with van der Waals surface area (Å²) in [5, 5.41) is 8.36. The molecule has 1 saturated carbocycles. The molecule has 164 valence electrons. The monoisotopic (exact) mass is 420 g/mol. The number of pyridine rings is 1. The van der Waals surface area contributed by atoms with E-state index in [4.69, 9.17) is 9.84 Å². The Kier molecular flexibility index (Phi) is 5.94. The van der Waals surface area contributed by atoms with Gasteiger partial charge in [0.25, 0.3) is 0 Å². The van der Waals surface area contributed by atoms with Crippen LogP contribution < -0.4 is 10.1 Å². The van der Waals surface area contributed by atoms with Crippen molar-refractivity contribution in [1.29, 1.82) is 0 Å². The molecule has 7 nitrogen and oxygen atoms in total. The summed E-state index contributed by atoms with van der Waals surface area (Å²) >= 11 is 0. The molecular formula is C24H32N6O. The molecule has 3 heterocycles. The predicted octanol–water partition coefficient (Wildman–Crippen LogP) is 5.41. The Morgan fingerprint density at radius 1 is 1.13 bits per heavy atom. The van der Waals surface area contributed by atoms with Crippen LogP contribution in [0.25, 0.3) is 0 Å². The first-order chi connectivity index (χ1) is 14.8. The Morgan fingerprint density at radius 2 is 1.97 bits per heavy atom. The third-order valence-corrected chi connectivity index (χ3v) is 5.69. The van der Waals surface area contributed by atoms with Crippen LogP contribution in [0.2, 0.25) is 0 Å². The average Bonchev–Trinajstić information content (AvgIpc) is 3.36. The molecule has 2 unspecified atom stereocenters.